The molecular formula is C9H18ClNO3S. The van der Waals surface area contributed by atoms with E-state index < -0.39 is 10.0 Å². The lowest BCUT2D eigenvalue weighted by molar-refractivity contribution is 0.0774. The zero-order chi connectivity index (χ0) is 11.3. The predicted octanol–water partition coefficient (Wildman–Crippen LogP) is 0.960. The van der Waals surface area contributed by atoms with E-state index in [0.29, 0.717) is 12.5 Å². The number of nitrogens with one attached hydrogen (secondary N) is 1. The summed E-state index contributed by atoms with van der Waals surface area (Å²) in [6.45, 7) is 3.04. The topological polar surface area (TPSA) is 55.4 Å². The van der Waals surface area contributed by atoms with Crippen LogP contribution in [0.3, 0.4) is 0 Å². The SMILES string of the molecule is CC(CCl)CS(=O)(=O)NC1CCCOC1. The molecule has 0 amide bonds. The molecule has 0 aliphatic carbocycles. The largest absolute Gasteiger partial charge is 0.380 e. The summed E-state index contributed by atoms with van der Waals surface area (Å²) in [4.78, 5) is 0. The highest BCUT2D eigenvalue weighted by atomic mass is 35.5. The first-order chi connectivity index (χ1) is 7.03. The first-order valence-electron chi connectivity index (χ1n) is 5.17. The van der Waals surface area contributed by atoms with Gasteiger partial charge in [-0.3, -0.25) is 0 Å². The molecule has 0 radical (unpaired) electrons. The Hall–Kier alpha value is 0.160. The Labute approximate surface area is 96.4 Å². The molecule has 1 heterocycles. The fourth-order valence-electron chi connectivity index (χ4n) is 1.55. The second-order valence-electron chi connectivity index (χ2n) is 4.07. The van der Waals surface area contributed by atoms with Gasteiger partial charge in [-0.05, 0) is 18.8 Å². The molecule has 0 saturated carbocycles. The quantitative estimate of drug-likeness (QED) is 0.745. The van der Waals surface area contributed by atoms with Crippen LogP contribution in [0.5, 0.6) is 0 Å². The molecule has 0 aromatic carbocycles. The highest BCUT2D eigenvalue weighted by molar-refractivity contribution is 7.89. The van der Waals surface area contributed by atoms with E-state index in [1.54, 1.807) is 0 Å². The minimum Gasteiger partial charge on any atom is -0.380 e. The number of halogens is 1. The maximum absolute atomic E-state index is 11.6. The fourth-order valence-corrected chi connectivity index (χ4v) is 3.45. The third-order valence-electron chi connectivity index (χ3n) is 2.27. The number of hydrogen-bond acceptors (Lipinski definition) is 3. The van der Waals surface area contributed by atoms with Crippen molar-refractivity contribution >= 4 is 21.6 Å². The van der Waals surface area contributed by atoms with Crippen LogP contribution < -0.4 is 4.72 Å². The molecule has 90 valence electrons. The lowest BCUT2D eigenvalue weighted by Crippen LogP contribution is -2.42. The molecule has 0 spiro atoms. The smallest absolute Gasteiger partial charge is 0.212 e. The highest BCUT2D eigenvalue weighted by Gasteiger charge is 2.22. The Bertz CT molecular complexity index is 275. The van der Waals surface area contributed by atoms with E-state index in [9.17, 15) is 8.42 Å². The summed E-state index contributed by atoms with van der Waals surface area (Å²) in [5.74, 6) is 0.434. The van der Waals surface area contributed by atoms with Crippen molar-refractivity contribution in [3.63, 3.8) is 0 Å². The van der Waals surface area contributed by atoms with Gasteiger partial charge in [0, 0.05) is 18.5 Å². The highest BCUT2D eigenvalue weighted by Crippen LogP contribution is 2.09. The van der Waals surface area contributed by atoms with Gasteiger partial charge in [-0.2, -0.15) is 0 Å². The van der Waals surface area contributed by atoms with Crippen molar-refractivity contribution in [2.24, 2.45) is 5.92 Å². The van der Waals surface area contributed by atoms with Crippen molar-refractivity contribution < 1.29 is 13.2 Å². The molecule has 1 rings (SSSR count). The maximum atomic E-state index is 11.6. The molecule has 6 heteroatoms. The van der Waals surface area contributed by atoms with Gasteiger partial charge in [-0.25, -0.2) is 13.1 Å². The molecule has 4 nitrogen and oxygen atoms in total. The molecule has 0 aromatic rings. The minimum absolute atomic E-state index is 0.0197. The Morgan fingerprint density at radius 1 is 1.60 bits per heavy atom. The van der Waals surface area contributed by atoms with E-state index in [4.69, 9.17) is 16.3 Å². The summed E-state index contributed by atoms with van der Waals surface area (Å²) in [6.07, 6.45) is 1.77. The van der Waals surface area contributed by atoms with Crippen molar-refractivity contribution in [3.05, 3.63) is 0 Å². The third-order valence-corrected chi connectivity index (χ3v) is 4.50. The molecule has 1 saturated heterocycles. The number of ether oxygens (including phenoxy) is 1. The van der Waals surface area contributed by atoms with Crippen molar-refractivity contribution in [1.29, 1.82) is 0 Å². The monoisotopic (exact) mass is 255 g/mol. The Balaban J connectivity index is 2.40. The third kappa shape index (κ3) is 5.15. The van der Waals surface area contributed by atoms with E-state index in [1.165, 1.54) is 0 Å². The van der Waals surface area contributed by atoms with E-state index in [2.05, 4.69) is 4.72 Å². The molecule has 1 N–H and O–H groups in total. The molecule has 2 atom stereocenters. The molecular weight excluding hydrogens is 238 g/mol. The van der Waals surface area contributed by atoms with Crippen molar-refractivity contribution in [1.82, 2.24) is 4.72 Å². The van der Waals surface area contributed by atoms with Gasteiger partial charge in [0.05, 0.1) is 12.4 Å². The van der Waals surface area contributed by atoms with Crippen LogP contribution in [0.15, 0.2) is 0 Å². The lowest BCUT2D eigenvalue weighted by atomic mass is 10.1. The zero-order valence-electron chi connectivity index (χ0n) is 8.91. The summed E-state index contributed by atoms with van der Waals surface area (Å²) in [5.41, 5.74) is 0. The van der Waals surface area contributed by atoms with Crippen LogP contribution in [0.4, 0.5) is 0 Å². The number of hydrogen-bond donors (Lipinski definition) is 1. The van der Waals surface area contributed by atoms with Crippen LogP contribution >= 0.6 is 11.6 Å². The zero-order valence-corrected chi connectivity index (χ0v) is 10.5. The Morgan fingerprint density at radius 3 is 2.87 bits per heavy atom. The van der Waals surface area contributed by atoms with Crippen LogP contribution in [0.25, 0.3) is 0 Å². The molecule has 0 aromatic heterocycles. The Kier molecular flexibility index (Phi) is 5.32. The van der Waals surface area contributed by atoms with E-state index >= 15 is 0 Å². The molecule has 15 heavy (non-hydrogen) atoms. The van der Waals surface area contributed by atoms with Gasteiger partial charge in [0.1, 0.15) is 0 Å². The first kappa shape index (κ1) is 13.2. The maximum Gasteiger partial charge on any atom is 0.212 e. The summed E-state index contributed by atoms with van der Waals surface area (Å²) in [6, 6.07) is -0.0636. The molecule has 0 bridgehead atoms. The second kappa shape index (κ2) is 6.03. The standard InChI is InChI=1S/C9H18ClNO3S/c1-8(5-10)7-15(12,13)11-9-3-2-4-14-6-9/h8-9,11H,2-7H2,1H3. The van der Waals surface area contributed by atoms with Crippen molar-refractivity contribution in [3.8, 4) is 0 Å². The fraction of sp³-hybridized carbons (Fsp3) is 1.00. The number of rotatable bonds is 5. The van der Waals surface area contributed by atoms with Gasteiger partial charge in [-0.15, -0.1) is 11.6 Å². The number of alkyl halides is 1. The van der Waals surface area contributed by atoms with E-state index in [-0.39, 0.29) is 17.7 Å². The summed E-state index contributed by atoms with van der Waals surface area (Å²) >= 11 is 5.58. The van der Waals surface area contributed by atoms with Gasteiger partial charge in [0.15, 0.2) is 0 Å². The normalized spacial score (nSPS) is 25.1. The van der Waals surface area contributed by atoms with Crippen LogP contribution in [-0.4, -0.2) is 39.3 Å². The summed E-state index contributed by atoms with van der Waals surface area (Å²) in [5, 5.41) is 0. The van der Waals surface area contributed by atoms with Gasteiger partial charge in [0.2, 0.25) is 10.0 Å². The number of sulfonamides is 1. The van der Waals surface area contributed by atoms with Crippen LogP contribution in [0, 0.1) is 5.92 Å². The summed E-state index contributed by atoms with van der Waals surface area (Å²) in [7, 11) is -3.21. The first-order valence-corrected chi connectivity index (χ1v) is 7.36. The molecule has 1 fully saturated rings. The van der Waals surface area contributed by atoms with Crippen molar-refractivity contribution in [2.45, 2.75) is 25.8 Å². The van der Waals surface area contributed by atoms with E-state index in [0.717, 1.165) is 19.4 Å². The van der Waals surface area contributed by atoms with Crippen LogP contribution in [0.1, 0.15) is 19.8 Å². The average molecular weight is 256 g/mol. The van der Waals surface area contributed by atoms with Crippen LogP contribution in [0.2, 0.25) is 0 Å². The minimum atomic E-state index is -3.21. The molecule has 2 unspecified atom stereocenters. The predicted molar refractivity (Wildman–Crippen MR) is 60.6 cm³/mol. The van der Waals surface area contributed by atoms with Gasteiger partial charge in [-0.1, -0.05) is 6.92 Å². The van der Waals surface area contributed by atoms with Gasteiger partial charge in [0.25, 0.3) is 0 Å². The second-order valence-corrected chi connectivity index (χ2v) is 6.18. The van der Waals surface area contributed by atoms with Crippen LogP contribution in [-0.2, 0) is 14.8 Å². The lowest BCUT2D eigenvalue weighted by Gasteiger charge is -2.23. The van der Waals surface area contributed by atoms with Gasteiger partial charge >= 0.3 is 0 Å². The van der Waals surface area contributed by atoms with E-state index in [1.807, 2.05) is 6.92 Å². The van der Waals surface area contributed by atoms with Crippen molar-refractivity contribution in [2.75, 3.05) is 24.8 Å². The Morgan fingerprint density at radius 2 is 2.33 bits per heavy atom. The van der Waals surface area contributed by atoms with Gasteiger partial charge < -0.3 is 4.74 Å². The average Bonchev–Trinajstić information content (AvgIpc) is 2.17. The molecule has 1 aliphatic heterocycles. The summed E-state index contributed by atoms with van der Waals surface area (Å²) < 4.78 is 31.1. The molecule has 1 aliphatic rings.